The van der Waals surface area contributed by atoms with Crippen LogP contribution in [0.2, 0.25) is 0 Å². The maximum atomic E-state index is 5.93. The zero-order chi connectivity index (χ0) is 16.4. The fourth-order valence-corrected chi connectivity index (χ4v) is 3.35. The van der Waals surface area contributed by atoms with E-state index in [-0.39, 0.29) is 6.04 Å². The molecular weight excluding hydrogens is 304 g/mol. The van der Waals surface area contributed by atoms with E-state index in [9.17, 15) is 0 Å². The Hall–Kier alpha value is -2.54. The first-order chi connectivity index (χ1) is 11.8. The molecule has 2 unspecified atom stereocenters. The van der Waals surface area contributed by atoms with Crippen LogP contribution < -0.4 is 0 Å². The van der Waals surface area contributed by atoms with E-state index in [1.54, 1.807) is 12.7 Å². The van der Waals surface area contributed by atoms with Gasteiger partial charge in [0.25, 0.3) is 0 Å². The van der Waals surface area contributed by atoms with Crippen molar-refractivity contribution >= 4 is 0 Å². The van der Waals surface area contributed by atoms with Gasteiger partial charge in [0.1, 0.15) is 12.7 Å². The van der Waals surface area contributed by atoms with Crippen LogP contribution in [0.1, 0.15) is 31.7 Å². The van der Waals surface area contributed by atoms with Gasteiger partial charge in [-0.2, -0.15) is 5.10 Å². The Labute approximate surface area is 140 Å². The molecule has 7 nitrogen and oxygen atoms in total. The number of hydrogen-bond donors (Lipinski definition) is 0. The molecule has 0 aliphatic carbocycles. The summed E-state index contributed by atoms with van der Waals surface area (Å²) < 4.78 is 7.82. The smallest absolute Gasteiger partial charge is 0.247 e. The third-order valence-electron chi connectivity index (χ3n) is 4.60. The van der Waals surface area contributed by atoms with Gasteiger partial charge in [-0.25, -0.2) is 4.98 Å². The van der Waals surface area contributed by atoms with Gasteiger partial charge in [-0.05, 0) is 38.4 Å². The Morgan fingerprint density at radius 2 is 2.12 bits per heavy atom. The molecule has 1 fully saturated rings. The van der Waals surface area contributed by atoms with Crippen LogP contribution in [0.25, 0.3) is 11.5 Å². The third-order valence-corrected chi connectivity index (χ3v) is 4.60. The van der Waals surface area contributed by atoms with Gasteiger partial charge < -0.3 is 4.42 Å². The largest absolute Gasteiger partial charge is 0.419 e. The summed E-state index contributed by atoms with van der Waals surface area (Å²) in [5.74, 6) is 1.24. The fourth-order valence-electron chi connectivity index (χ4n) is 3.35. The van der Waals surface area contributed by atoms with Crippen molar-refractivity contribution in [3.05, 3.63) is 48.9 Å². The van der Waals surface area contributed by atoms with E-state index in [2.05, 4.69) is 32.1 Å². The van der Waals surface area contributed by atoms with Crippen molar-refractivity contribution in [2.24, 2.45) is 0 Å². The van der Waals surface area contributed by atoms with Gasteiger partial charge >= 0.3 is 0 Å². The number of rotatable bonds is 5. The van der Waals surface area contributed by atoms with Crippen LogP contribution in [-0.2, 0) is 6.54 Å². The molecular formula is C17H20N6O. The Balaban J connectivity index is 1.50. The van der Waals surface area contributed by atoms with Gasteiger partial charge in [0, 0.05) is 11.6 Å². The predicted octanol–water partition coefficient (Wildman–Crippen LogP) is 2.55. The van der Waals surface area contributed by atoms with Crippen LogP contribution in [0, 0.1) is 0 Å². The van der Waals surface area contributed by atoms with E-state index in [0.717, 1.165) is 25.1 Å². The fraction of sp³-hybridized carbons (Fsp3) is 0.412. The Morgan fingerprint density at radius 1 is 1.25 bits per heavy atom. The zero-order valence-corrected chi connectivity index (χ0v) is 13.6. The summed E-state index contributed by atoms with van der Waals surface area (Å²) in [4.78, 5) is 6.44. The minimum Gasteiger partial charge on any atom is -0.419 e. The molecule has 0 saturated carbocycles. The Bertz CT molecular complexity index is 770. The van der Waals surface area contributed by atoms with Crippen LogP contribution in [0.5, 0.6) is 0 Å². The van der Waals surface area contributed by atoms with Gasteiger partial charge in [0.05, 0.1) is 12.6 Å². The molecule has 2 aromatic heterocycles. The lowest BCUT2D eigenvalue weighted by atomic mass is 10.2. The molecule has 0 N–H and O–H groups in total. The van der Waals surface area contributed by atoms with Gasteiger partial charge in [-0.3, -0.25) is 9.58 Å². The third kappa shape index (κ3) is 2.94. The van der Waals surface area contributed by atoms with Crippen molar-refractivity contribution in [2.45, 2.75) is 38.4 Å². The molecule has 0 bridgehead atoms. The SMILES string of the molecule is CC(c1nnc(-c2ccccc2)o1)N1CCCC1Cn1cncn1. The van der Waals surface area contributed by atoms with E-state index in [1.807, 2.05) is 35.0 Å². The average Bonchev–Trinajstić information content (AvgIpc) is 3.37. The summed E-state index contributed by atoms with van der Waals surface area (Å²) in [5, 5.41) is 12.7. The molecule has 0 radical (unpaired) electrons. The standard InChI is InChI=1S/C17H20N6O/c1-13(16-20-21-17(24-16)14-6-3-2-4-7-14)23-9-5-8-15(23)10-22-12-18-11-19-22/h2-4,6-7,11-13,15H,5,8-10H2,1H3. The van der Waals surface area contributed by atoms with E-state index >= 15 is 0 Å². The molecule has 7 heteroatoms. The van der Waals surface area contributed by atoms with Crippen LogP contribution in [0.4, 0.5) is 0 Å². The van der Waals surface area contributed by atoms with Gasteiger partial charge in [0.15, 0.2) is 0 Å². The second kappa shape index (κ2) is 6.52. The molecule has 1 aliphatic heterocycles. The first kappa shape index (κ1) is 15.0. The molecule has 1 aliphatic rings. The molecule has 3 heterocycles. The highest BCUT2D eigenvalue weighted by atomic mass is 16.4. The van der Waals surface area contributed by atoms with Gasteiger partial charge in [0.2, 0.25) is 11.8 Å². The monoisotopic (exact) mass is 324 g/mol. The van der Waals surface area contributed by atoms with Crippen molar-refractivity contribution < 1.29 is 4.42 Å². The first-order valence-electron chi connectivity index (χ1n) is 8.28. The summed E-state index contributed by atoms with van der Waals surface area (Å²) in [5.41, 5.74) is 0.948. The highest BCUT2D eigenvalue weighted by molar-refractivity contribution is 5.51. The van der Waals surface area contributed by atoms with Crippen molar-refractivity contribution in [3.63, 3.8) is 0 Å². The number of hydrogen-bond acceptors (Lipinski definition) is 6. The maximum absolute atomic E-state index is 5.93. The van der Waals surface area contributed by atoms with Crippen molar-refractivity contribution in [2.75, 3.05) is 6.54 Å². The van der Waals surface area contributed by atoms with Gasteiger partial charge in [-0.1, -0.05) is 18.2 Å². The Morgan fingerprint density at radius 3 is 2.92 bits per heavy atom. The molecule has 4 rings (SSSR count). The van der Waals surface area contributed by atoms with Crippen LogP contribution >= 0.6 is 0 Å². The molecule has 124 valence electrons. The average molecular weight is 324 g/mol. The summed E-state index contributed by atoms with van der Waals surface area (Å²) >= 11 is 0. The van der Waals surface area contributed by atoms with Crippen molar-refractivity contribution in [3.8, 4) is 11.5 Å². The van der Waals surface area contributed by atoms with Crippen molar-refractivity contribution in [1.82, 2.24) is 29.9 Å². The van der Waals surface area contributed by atoms with Crippen LogP contribution in [0.15, 0.2) is 47.4 Å². The lowest BCUT2D eigenvalue weighted by Gasteiger charge is -2.28. The number of nitrogens with zero attached hydrogens (tertiary/aromatic N) is 6. The van der Waals surface area contributed by atoms with Gasteiger partial charge in [-0.15, -0.1) is 10.2 Å². The minimum atomic E-state index is 0.0889. The number of aromatic nitrogens is 5. The van der Waals surface area contributed by atoms with E-state index in [1.165, 1.54) is 6.42 Å². The maximum Gasteiger partial charge on any atom is 0.247 e. The number of benzene rings is 1. The van der Waals surface area contributed by atoms with E-state index in [4.69, 9.17) is 4.42 Å². The van der Waals surface area contributed by atoms with Crippen LogP contribution in [-0.4, -0.2) is 42.4 Å². The van der Waals surface area contributed by atoms with Crippen LogP contribution in [0.3, 0.4) is 0 Å². The lowest BCUT2D eigenvalue weighted by Crippen LogP contribution is -2.35. The van der Waals surface area contributed by atoms with E-state index < -0.39 is 0 Å². The Kier molecular flexibility index (Phi) is 4.08. The topological polar surface area (TPSA) is 72.9 Å². The molecule has 1 saturated heterocycles. The normalized spacial score (nSPS) is 19.6. The molecule has 1 aromatic carbocycles. The predicted molar refractivity (Wildman–Crippen MR) is 87.9 cm³/mol. The molecule has 0 amide bonds. The quantitative estimate of drug-likeness (QED) is 0.718. The second-order valence-corrected chi connectivity index (χ2v) is 6.14. The minimum absolute atomic E-state index is 0.0889. The summed E-state index contributed by atoms with van der Waals surface area (Å²) in [7, 11) is 0. The first-order valence-corrected chi connectivity index (χ1v) is 8.28. The second-order valence-electron chi connectivity index (χ2n) is 6.14. The summed E-state index contributed by atoms with van der Waals surface area (Å²) in [6.45, 7) is 4.00. The zero-order valence-electron chi connectivity index (χ0n) is 13.6. The van der Waals surface area contributed by atoms with E-state index in [0.29, 0.717) is 17.8 Å². The number of likely N-dealkylation sites (tertiary alicyclic amines) is 1. The van der Waals surface area contributed by atoms with Crippen molar-refractivity contribution in [1.29, 1.82) is 0 Å². The summed E-state index contributed by atoms with van der Waals surface area (Å²) in [6, 6.07) is 10.4. The summed E-state index contributed by atoms with van der Waals surface area (Å²) in [6.07, 6.45) is 5.65. The molecule has 3 aromatic rings. The lowest BCUT2D eigenvalue weighted by molar-refractivity contribution is 0.152. The molecule has 0 spiro atoms. The highest BCUT2D eigenvalue weighted by Crippen LogP contribution is 2.30. The molecule has 24 heavy (non-hydrogen) atoms. The molecule has 2 atom stereocenters. The highest BCUT2D eigenvalue weighted by Gasteiger charge is 2.32.